The van der Waals surface area contributed by atoms with E-state index in [1.807, 2.05) is 30.3 Å². The average molecular weight is 372 g/mol. The number of amides is 2. The van der Waals surface area contributed by atoms with Gasteiger partial charge < -0.3 is 5.32 Å². The first-order valence-electron chi connectivity index (χ1n) is 9.01. The normalized spacial score (nSPS) is 13.8. The fraction of sp³-hybridized carbons (Fsp3) is 0.400. The number of anilines is 1. The third-order valence-electron chi connectivity index (χ3n) is 4.43. The van der Waals surface area contributed by atoms with Crippen molar-refractivity contribution in [2.75, 3.05) is 19.4 Å². The highest BCUT2D eigenvalue weighted by molar-refractivity contribution is 7.17. The number of benzene rings is 1. The Balaban J connectivity index is 1.85. The van der Waals surface area contributed by atoms with Crippen molar-refractivity contribution in [2.24, 2.45) is 0 Å². The summed E-state index contributed by atoms with van der Waals surface area (Å²) in [7, 11) is 3.58. The monoisotopic (exact) mass is 371 g/mol. The molecule has 138 valence electrons. The highest BCUT2D eigenvalue weighted by Gasteiger charge is 2.26. The molecule has 0 atom stereocenters. The van der Waals surface area contributed by atoms with Crippen molar-refractivity contribution in [1.29, 1.82) is 0 Å². The summed E-state index contributed by atoms with van der Waals surface area (Å²) in [5.74, 6) is -0.240. The lowest BCUT2D eigenvalue weighted by molar-refractivity contribution is -0.115. The summed E-state index contributed by atoms with van der Waals surface area (Å²) < 4.78 is 0. The minimum atomic E-state index is -0.149. The third-order valence-corrected chi connectivity index (χ3v) is 5.64. The van der Waals surface area contributed by atoms with Crippen LogP contribution in [0.3, 0.4) is 0 Å². The number of nitrogens with one attached hydrogen (secondary N) is 2. The van der Waals surface area contributed by atoms with Crippen LogP contribution in [-0.4, -0.2) is 30.9 Å². The molecule has 1 aliphatic carbocycles. The van der Waals surface area contributed by atoms with Crippen LogP contribution in [0.25, 0.3) is 0 Å². The number of aryl methyl sites for hydroxylation is 1. The first-order valence-corrected chi connectivity index (χ1v) is 9.83. The second kappa shape index (κ2) is 8.47. The topological polar surface area (TPSA) is 61.4 Å². The van der Waals surface area contributed by atoms with Crippen LogP contribution in [0.2, 0.25) is 0 Å². The van der Waals surface area contributed by atoms with Gasteiger partial charge in [0, 0.05) is 19.0 Å². The average Bonchev–Trinajstić information content (AvgIpc) is 2.76. The number of carbonyl (C=O) groups is 2. The molecule has 6 heteroatoms. The minimum Gasteiger partial charge on any atom is -0.317 e. The summed E-state index contributed by atoms with van der Waals surface area (Å²) in [6.45, 7) is 0. The van der Waals surface area contributed by atoms with Gasteiger partial charge in [0.2, 0.25) is 5.91 Å². The lowest BCUT2D eigenvalue weighted by Crippen LogP contribution is -2.36. The van der Waals surface area contributed by atoms with Crippen LogP contribution < -0.4 is 10.7 Å². The Hall–Kier alpha value is -2.18. The molecule has 0 aliphatic heterocycles. The zero-order valence-corrected chi connectivity index (χ0v) is 16.1. The molecule has 0 fully saturated rings. The van der Waals surface area contributed by atoms with E-state index in [4.69, 9.17) is 0 Å². The molecular formula is C20H25N3O2S. The van der Waals surface area contributed by atoms with E-state index < -0.39 is 0 Å². The molecule has 5 nitrogen and oxygen atoms in total. The molecule has 0 bridgehead atoms. The minimum absolute atomic E-state index is 0.0912. The van der Waals surface area contributed by atoms with Crippen molar-refractivity contribution in [3.05, 3.63) is 51.9 Å². The molecule has 0 saturated carbocycles. The molecule has 0 radical (unpaired) electrons. The van der Waals surface area contributed by atoms with Crippen LogP contribution in [0.5, 0.6) is 0 Å². The van der Waals surface area contributed by atoms with E-state index in [-0.39, 0.29) is 11.8 Å². The summed E-state index contributed by atoms with van der Waals surface area (Å²) in [6, 6.07) is 9.64. The van der Waals surface area contributed by atoms with Gasteiger partial charge in [0.1, 0.15) is 5.00 Å². The first-order chi connectivity index (χ1) is 12.5. The predicted molar refractivity (Wildman–Crippen MR) is 106 cm³/mol. The molecule has 0 spiro atoms. The lowest BCUT2D eigenvalue weighted by Gasteiger charge is -2.14. The summed E-state index contributed by atoms with van der Waals surface area (Å²) in [5, 5.41) is 5.31. The molecule has 1 aromatic carbocycles. The van der Waals surface area contributed by atoms with Gasteiger partial charge in [0.05, 0.1) is 12.0 Å². The van der Waals surface area contributed by atoms with Gasteiger partial charge in [-0.3, -0.25) is 15.0 Å². The van der Waals surface area contributed by atoms with Crippen LogP contribution >= 0.6 is 11.3 Å². The first kappa shape index (κ1) is 18.6. The van der Waals surface area contributed by atoms with E-state index in [1.54, 1.807) is 30.4 Å². The van der Waals surface area contributed by atoms with Gasteiger partial charge in [-0.15, -0.1) is 11.3 Å². The fourth-order valence-electron chi connectivity index (χ4n) is 3.28. The Morgan fingerprint density at radius 2 is 1.81 bits per heavy atom. The molecule has 2 N–H and O–H groups in total. The highest BCUT2D eigenvalue weighted by atomic mass is 32.1. The van der Waals surface area contributed by atoms with Gasteiger partial charge in [-0.1, -0.05) is 36.8 Å². The maximum atomic E-state index is 12.8. The second-order valence-corrected chi connectivity index (χ2v) is 7.92. The van der Waals surface area contributed by atoms with Gasteiger partial charge in [-0.25, -0.2) is 5.01 Å². The highest BCUT2D eigenvalue weighted by Crippen LogP contribution is 2.37. The van der Waals surface area contributed by atoms with Gasteiger partial charge in [-0.2, -0.15) is 0 Å². The SMILES string of the molecule is CN(C)NC(=O)c1c(NC(=O)Cc2ccccc2)sc2c1CCCCC2. The molecule has 1 heterocycles. The largest absolute Gasteiger partial charge is 0.317 e. The molecule has 26 heavy (non-hydrogen) atoms. The van der Waals surface area contributed by atoms with Crippen LogP contribution in [0, 0.1) is 0 Å². The fourth-order valence-corrected chi connectivity index (χ4v) is 4.58. The summed E-state index contributed by atoms with van der Waals surface area (Å²) in [4.78, 5) is 26.5. The molecule has 1 aromatic heterocycles. The number of nitrogens with zero attached hydrogens (tertiary/aromatic N) is 1. The number of thiophene rings is 1. The number of carbonyl (C=O) groups excluding carboxylic acids is 2. The van der Waals surface area contributed by atoms with E-state index in [1.165, 1.54) is 11.3 Å². The second-order valence-electron chi connectivity index (χ2n) is 6.81. The van der Waals surface area contributed by atoms with Gasteiger partial charge in [0.25, 0.3) is 5.91 Å². The van der Waals surface area contributed by atoms with E-state index in [2.05, 4.69) is 10.7 Å². The number of rotatable bonds is 5. The molecule has 0 unspecified atom stereocenters. The van der Waals surface area contributed by atoms with E-state index >= 15 is 0 Å². The van der Waals surface area contributed by atoms with Crippen LogP contribution in [-0.2, 0) is 24.1 Å². The summed E-state index contributed by atoms with van der Waals surface area (Å²) in [6.07, 6.45) is 5.60. The van der Waals surface area contributed by atoms with Gasteiger partial charge in [-0.05, 0) is 36.8 Å². The number of hydrogen-bond donors (Lipinski definition) is 2. The predicted octanol–water partition coefficient (Wildman–Crippen LogP) is 3.40. The van der Waals surface area contributed by atoms with Crippen molar-refractivity contribution in [2.45, 2.75) is 38.5 Å². The van der Waals surface area contributed by atoms with Crippen molar-refractivity contribution in [3.8, 4) is 0 Å². The van der Waals surface area contributed by atoms with Gasteiger partial charge in [0.15, 0.2) is 0 Å². The molecule has 1 aliphatic rings. The van der Waals surface area contributed by atoms with Crippen LogP contribution in [0.15, 0.2) is 30.3 Å². The van der Waals surface area contributed by atoms with E-state index in [0.717, 1.165) is 36.8 Å². The standard InChI is InChI=1S/C20H25N3O2S/c1-23(2)22-19(25)18-15-11-7-4-8-12-16(15)26-20(18)21-17(24)13-14-9-5-3-6-10-14/h3,5-6,9-10H,4,7-8,11-13H2,1-2H3,(H,21,24)(H,22,25). The smallest absolute Gasteiger partial charge is 0.268 e. The van der Waals surface area contributed by atoms with Gasteiger partial charge >= 0.3 is 0 Å². The molecule has 2 amide bonds. The third kappa shape index (κ3) is 4.51. The molecule has 2 aromatic rings. The number of fused-ring (bicyclic) bond motifs is 1. The molecular weight excluding hydrogens is 346 g/mol. The Labute approximate surface area is 158 Å². The number of hydrogen-bond acceptors (Lipinski definition) is 4. The number of hydrazine groups is 1. The van der Waals surface area contributed by atoms with E-state index in [9.17, 15) is 9.59 Å². The van der Waals surface area contributed by atoms with Crippen molar-refractivity contribution >= 4 is 28.2 Å². The van der Waals surface area contributed by atoms with E-state index in [0.29, 0.717) is 17.0 Å². The van der Waals surface area contributed by atoms with Crippen LogP contribution in [0.4, 0.5) is 5.00 Å². The Morgan fingerprint density at radius 3 is 2.54 bits per heavy atom. The lowest BCUT2D eigenvalue weighted by atomic mass is 10.0. The zero-order valence-electron chi connectivity index (χ0n) is 15.3. The Morgan fingerprint density at radius 1 is 1.08 bits per heavy atom. The quantitative estimate of drug-likeness (QED) is 0.625. The Kier molecular flexibility index (Phi) is 6.06. The molecule has 0 saturated heterocycles. The Bertz CT molecular complexity index is 784. The van der Waals surface area contributed by atoms with Crippen molar-refractivity contribution in [3.63, 3.8) is 0 Å². The maximum Gasteiger partial charge on any atom is 0.268 e. The summed E-state index contributed by atoms with van der Waals surface area (Å²) >= 11 is 1.56. The summed E-state index contributed by atoms with van der Waals surface area (Å²) in [5.41, 5.74) is 5.54. The maximum absolute atomic E-state index is 12.8. The zero-order chi connectivity index (χ0) is 18.5. The van der Waals surface area contributed by atoms with Crippen molar-refractivity contribution in [1.82, 2.24) is 10.4 Å². The van der Waals surface area contributed by atoms with Crippen molar-refractivity contribution < 1.29 is 9.59 Å². The van der Waals surface area contributed by atoms with Crippen LogP contribution in [0.1, 0.15) is 45.6 Å². The molecule has 3 rings (SSSR count).